The molecule has 0 bridgehead atoms. The van der Waals surface area contributed by atoms with Crippen LogP contribution in [0.15, 0.2) is 72.8 Å². The summed E-state index contributed by atoms with van der Waals surface area (Å²) in [6.07, 6.45) is 2.06. The minimum atomic E-state index is -0.618. The number of amides is 2. The zero-order valence-electron chi connectivity index (χ0n) is 19.0. The van der Waals surface area contributed by atoms with Crippen LogP contribution in [0.25, 0.3) is 0 Å². The number of para-hydroxylation sites is 2. The lowest BCUT2D eigenvalue weighted by molar-refractivity contribution is -0.118. The summed E-state index contributed by atoms with van der Waals surface area (Å²) >= 11 is 0. The quantitative estimate of drug-likeness (QED) is 0.486. The fourth-order valence-corrected chi connectivity index (χ4v) is 3.73. The predicted molar refractivity (Wildman–Crippen MR) is 128 cm³/mol. The van der Waals surface area contributed by atoms with Gasteiger partial charge in [0.15, 0.2) is 6.61 Å². The second kappa shape index (κ2) is 11.3. The Morgan fingerprint density at radius 3 is 2.31 bits per heavy atom. The van der Waals surface area contributed by atoms with Crippen molar-refractivity contribution in [2.45, 2.75) is 19.4 Å². The highest BCUT2D eigenvalue weighted by molar-refractivity contribution is 5.95. The SMILES string of the molecule is O=C(COc1ccccc1C(=O)OCc1ccc(C(=O)N2CCCC2)cc1)Nc1ccccc1F. The third-order valence-corrected chi connectivity index (χ3v) is 5.58. The highest BCUT2D eigenvalue weighted by atomic mass is 19.1. The van der Waals surface area contributed by atoms with Crippen LogP contribution in [0.4, 0.5) is 10.1 Å². The molecule has 0 radical (unpaired) electrons. The minimum absolute atomic E-state index is 0.0103. The van der Waals surface area contributed by atoms with Crippen molar-refractivity contribution in [2.24, 2.45) is 0 Å². The van der Waals surface area contributed by atoms with Crippen molar-refractivity contribution in [3.05, 3.63) is 95.3 Å². The van der Waals surface area contributed by atoms with Gasteiger partial charge in [-0.15, -0.1) is 0 Å². The normalized spacial score (nSPS) is 12.8. The topological polar surface area (TPSA) is 84.9 Å². The number of nitrogens with one attached hydrogen (secondary N) is 1. The Bertz CT molecular complexity index is 1210. The Labute approximate surface area is 202 Å². The Morgan fingerprint density at radius 2 is 1.57 bits per heavy atom. The number of hydrogen-bond donors (Lipinski definition) is 1. The van der Waals surface area contributed by atoms with Gasteiger partial charge in [-0.2, -0.15) is 0 Å². The third-order valence-electron chi connectivity index (χ3n) is 5.58. The number of carbonyl (C=O) groups is 3. The molecule has 1 fully saturated rings. The van der Waals surface area contributed by atoms with Crippen molar-refractivity contribution < 1.29 is 28.2 Å². The number of anilines is 1. The molecule has 0 aliphatic carbocycles. The van der Waals surface area contributed by atoms with Gasteiger partial charge in [0.05, 0.1) is 5.69 Å². The van der Waals surface area contributed by atoms with Gasteiger partial charge in [-0.3, -0.25) is 9.59 Å². The molecule has 0 unspecified atom stereocenters. The number of ether oxygens (including phenoxy) is 2. The molecule has 3 aromatic carbocycles. The number of hydrogen-bond acceptors (Lipinski definition) is 5. The summed E-state index contributed by atoms with van der Waals surface area (Å²) in [6, 6.07) is 19.2. The van der Waals surface area contributed by atoms with E-state index in [2.05, 4.69) is 5.32 Å². The van der Waals surface area contributed by atoms with Gasteiger partial charge in [0.25, 0.3) is 11.8 Å². The van der Waals surface area contributed by atoms with Crippen LogP contribution >= 0.6 is 0 Å². The van der Waals surface area contributed by atoms with Crippen molar-refractivity contribution in [1.29, 1.82) is 0 Å². The first-order chi connectivity index (χ1) is 17.0. The first kappa shape index (κ1) is 23.9. The van der Waals surface area contributed by atoms with E-state index in [1.807, 2.05) is 4.90 Å². The molecule has 1 N–H and O–H groups in total. The predicted octanol–water partition coefficient (Wildman–Crippen LogP) is 4.44. The number of rotatable bonds is 8. The lowest BCUT2D eigenvalue weighted by Crippen LogP contribution is -2.27. The van der Waals surface area contributed by atoms with Crippen molar-refractivity contribution in [1.82, 2.24) is 4.90 Å². The smallest absolute Gasteiger partial charge is 0.342 e. The molecule has 0 aromatic heterocycles. The zero-order chi connectivity index (χ0) is 24.6. The van der Waals surface area contributed by atoms with Gasteiger partial charge >= 0.3 is 5.97 Å². The van der Waals surface area contributed by atoms with Gasteiger partial charge in [-0.25, -0.2) is 9.18 Å². The molecule has 7 nitrogen and oxygen atoms in total. The molecule has 3 aromatic rings. The summed E-state index contributed by atoms with van der Waals surface area (Å²) in [5, 5.41) is 2.42. The van der Waals surface area contributed by atoms with Crippen LogP contribution in [0.3, 0.4) is 0 Å². The lowest BCUT2D eigenvalue weighted by Gasteiger charge is -2.15. The van der Waals surface area contributed by atoms with Crippen LogP contribution in [0, 0.1) is 5.82 Å². The number of benzene rings is 3. The largest absolute Gasteiger partial charge is 0.483 e. The van der Waals surface area contributed by atoms with E-state index in [9.17, 15) is 18.8 Å². The average Bonchev–Trinajstić information content (AvgIpc) is 3.43. The maximum Gasteiger partial charge on any atom is 0.342 e. The van der Waals surface area contributed by atoms with Crippen LogP contribution in [0.5, 0.6) is 5.75 Å². The van der Waals surface area contributed by atoms with Crippen LogP contribution in [0.2, 0.25) is 0 Å². The highest BCUT2D eigenvalue weighted by Crippen LogP contribution is 2.21. The summed E-state index contributed by atoms with van der Waals surface area (Å²) in [5.41, 5.74) is 1.54. The minimum Gasteiger partial charge on any atom is -0.483 e. The zero-order valence-corrected chi connectivity index (χ0v) is 19.0. The average molecular weight is 477 g/mol. The van der Waals surface area contributed by atoms with Crippen molar-refractivity contribution in [3.8, 4) is 5.75 Å². The lowest BCUT2D eigenvalue weighted by atomic mass is 10.1. The van der Waals surface area contributed by atoms with Gasteiger partial charge in [0, 0.05) is 18.7 Å². The second-order valence-corrected chi connectivity index (χ2v) is 8.09. The Kier molecular flexibility index (Phi) is 7.72. The number of carbonyl (C=O) groups excluding carboxylic acids is 3. The summed E-state index contributed by atoms with van der Waals surface area (Å²) in [4.78, 5) is 39.1. The van der Waals surface area contributed by atoms with E-state index in [1.54, 1.807) is 48.5 Å². The molecule has 1 heterocycles. The van der Waals surface area contributed by atoms with Crippen molar-refractivity contribution in [2.75, 3.05) is 25.0 Å². The molecule has 8 heteroatoms. The Balaban J connectivity index is 1.31. The maximum atomic E-state index is 13.7. The number of nitrogens with zero attached hydrogens (tertiary/aromatic N) is 1. The first-order valence-corrected chi connectivity index (χ1v) is 11.3. The molecule has 180 valence electrons. The van der Waals surface area contributed by atoms with E-state index in [0.717, 1.165) is 31.5 Å². The van der Waals surface area contributed by atoms with Crippen LogP contribution in [-0.2, 0) is 16.1 Å². The van der Waals surface area contributed by atoms with Crippen LogP contribution in [0.1, 0.15) is 39.1 Å². The Morgan fingerprint density at radius 1 is 0.886 bits per heavy atom. The van der Waals surface area contributed by atoms with Gasteiger partial charge < -0.3 is 19.7 Å². The monoisotopic (exact) mass is 476 g/mol. The molecular formula is C27H25FN2O5. The number of esters is 1. The van der Waals surface area contributed by atoms with Crippen molar-refractivity contribution in [3.63, 3.8) is 0 Å². The maximum absolute atomic E-state index is 13.7. The van der Waals surface area contributed by atoms with E-state index in [-0.39, 0.29) is 29.5 Å². The molecule has 0 atom stereocenters. The molecule has 1 aliphatic rings. The van der Waals surface area contributed by atoms with Crippen LogP contribution < -0.4 is 10.1 Å². The van der Waals surface area contributed by atoms with E-state index < -0.39 is 24.3 Å². The first-order valence-electron chi connectivity index (χ1n) is 11.3. The fourth-order valence-electron chi connectivity index (χ4n) is 3.73. The third kappa shape index (κ3) is 6.23. The Hall–Kier alpha value is -4.20. The molecule has 2 amide bonds. The van der Waals surface area contributed by atoms with Gasteiger partial charge in [0.2, 0.25) is 0 Å². The molecule has 0 saturated carbocycles. The van der Waals surface area contributed by atoms with E-state index in [4.69, 9.17) is 9.47 Å². The molecular weight excluding hydrogens is 451 g/mol. The molecule has 35 heavy (non-hydrogen) atoms. The standard InChI is InChI=1S/C27H25FN2O5/c28-22-8-2-3-9-23(22)29-25(31)18-34-24-10-4-1-7-21(24)27(33)35-17-19-11-13-20(14-12-19)26(32)30-15-5-6-16-30/h1-4,7-14H,5-6,15-18H2,(H,29,31). The van der Waals surface area contributed by atoms with Crippen LogP contribution in [-0.4, -0.2) is 42.4 Å². The highest BCUT2D eigenvalue weighted by Gasteiger charge is 2.19. The summed E-state index contributed by atoms with van der Waals surface area (Å²) in [6.45, 7) is 1.17. The molecule has 0 spiro atoms. The summed E-state index contributed by atoms with van der Waals surface area (Å²) < 4.78 is 24.6. The van der Waals surface area contributed by atoms with Crippen molar-refractivity contribution >= 4 is 23.5 Å². The van der Waals surface area contributed by atoms with Gasteiger partial charge in [-0.05, 0) is 54.8 Å². The van der Waals surface area contributed by atoms with E-state index in [0.29, 0.717) is 5.56 Å². The summed E-state index contributed by atoms with van der Waals surface area (Å²) in [5.74, 6) is -1.56. The molecule has 1 aliphatic heterocycles. The fraction of sp³-hybridized carbons (Fsp3) is 0.222. The molecule has 1 saturated heterocycles. The van der Waals surface area contributed by atoms with E-state index in [1.165, 1.54) is 24.3 Å². The number of halogens is 1. The van der Waals surface area contributed by atoms with E-state index >= 15 is 0 Å². The van der Waals surface area contributed by atoms with Gasteiger partial charge in [0.1, 0.15) is 23.7 Å². The second-order valence-electron chi connectivity index (χ2n) is 8.09. The number of likely N-dealkylation sites (tertiary alicyclic amines) is 1. The molecule has 4 rings (SSSR count). The summed E-state index contributed by atoms with van der Waals surface area (Å²) in [7, 11) is 0. The van der Waals surface area contributed by atoms with Gasteiger partial charge in [-0.1, -0.05) is 36.4 Å².